The van der Waals surface area contributed by atoms with Gasteiger partial charge in [0.15, 0.2) is 5.82 Å². The number of amides is 1. The van der Waals surface area contributed by atoms with Gasteiger partial charge in [-0.15, -0.1) is 11.3 Å². The molecule has 0 aliphatic heterocycles. The van der Waals surface area contributed by atoms with E-state index in [0.29, 0.717) is 23.6 Å². The van der Waals surface area contributed by atoms with Gasteiger partial charge in [-0.2, -0.15) is 5.10 Å². The molecule has 0 saturated heterocycles. The van der Waals surface area contributed by atoms with Crippen LogP contribution < -0.4 is 5.32 Å². The third kappa shape index (κ3) is 5.88. The number of carbonyl (C=O) groups excluding carboxylic acids is 1. The average Bonchev–Trinajstić information content (AvgIpc) is 3.57. The molecule has 0 fully saturated rings. The van der Waals surface area contributed by atoms with Crippen LogP contribution in [0.5, 0.6) is 0 Å². The standard InChI is InChI=1S/C30H31N7OS/c1-17(2)9-27(38)33-22-12-21(13-31-14-22)23-11-19(4)28(37-36-20(5)10-18(23)3)30-34-25-16-32-15-24(29(25)35-30)26-7-6-8-39-26/h6-8,10-17,36H,9H2,1-5H3,(H,33,38)(H,34,35). The van der Waals surface area contributed by atoms with Crippen LogP contribution in [-0.4, -0.2) is 36.0 Å². The van der Waals surface area contributed by atoms with Crippen LogP contribution in [0, 0.1) is 26.7 Å². The first-order valence-electron chi connectivity index (χ1n) is 12.8. The second kappa shape index (κ2) is 11.2. The lowest BCUT2D eigenvalue weighted by Crippen LogP contribution is -2.13. The van der Waals surface area contributed by atoms with E-state index >= 15 is 0 Å². The highest BCUT2D eigenvalue weighted by atomic mass is 32.1. The predicted octanol–water partition coefficient (Wildman–Crippen LogP) is 7.17. The Labute approximate surface area is 231 Å². The van der Waals surface area contributed by atoms with Crippen LogP contribution in [0.4, 0.5) is 5.69 Å². The smallest absolute Gasteiger partial charge is 0.224 e. The lowest BCUT2D eigenvalue weighted by atomic mass is 10.0. The Balaban J connectivity index is 1.63. The number of nitrogens with one attached hydrogen (secondary N) is 3. The Morgan fingerprint density at radius 1 is 1.00 bits per heavy atom. The second-order valence-corrected chi connectivity index (χ2v) is 11.0. The van der Waals surface area contributed by atoms with E-state index in [1.165, 1.54) is 0 Å². The second-order valence-electron chi connectivity index (χ2n) is 10.1. The van der Waals surface area contributed by atoms with Crippen molar-refractivity contribution >= 4 is 34.0 Å². The SMILES string of the molecule is Cc1cc(C)c(-c2cncc(NC(=O)CC(C)C)c2)cc(C)c(-c2nc3c(-c4cccs4)cncc3[nH]2)n[nH]1. The largest absolute Gasteiger partial charge is 0.335 e. The first-order chi connectivity index (χ1) is 18.8. The van der Waals surface area contributed by atoms with Crippen molar-refractivity contribution < 1.29 is 4.79 Å². The number of fused-ring (bicyclic) bond motifs is 1. The first-order valence-corrected chi connectivity index (χ1v) is 13.7. The molecule has 198 valence electrons. The van der Waals surface area contributed by atoms with E-state index in [2.05, 4.69) is 44.4 Å². The molecule has 8 nitrogen and oxygen atoms in total. The fourth-order valence-corrected chi connectivity index (χ4v) is 5.25. The minimum atomic E-state index is -0.0218. The number of aromatic amines is 2. The zero-order valence-corrected chi connectivity index (χ0v) is 23.5. The van der Waals surface area contributed by atoms with Gasteiger partial charge in [-0.25, -0.2) is 4.98 Å². The van der Waals surface area contributed by atoms with Gasteiger partial charge in [-0.3, -0.25) is 19.9 Å². The van der Waals surface area contributed by atoms with Crippen molar-refractivity contribution in [1.29, 1.82) is 0 Å². The maximum Gasteiger partial charge on any atom is 0.224 e. The van der Waals surface area contributed by atoms with Crippen molar-refractivity contribution in [3.63, 3.8) is 0 Å². The van der Waals surface area contributed by atoms with Gasteiger partial charge in [0.2, 0.25) is 5.91 Å². The van der Waals surface area contributed by atoms with Crippen molar-refractivity contribution in [2.24, 2.45) is 5.92 Å². The molecule has 0 radical (unpaired) electrons. The van der Waals surface area contributed by atoms with E-state index in [1.807, 2.05) is 63.7 Å². The minimum absolute atomic E-state index is 0.0218. The van der Waals surface area contributed by atoms with Gasteiger partial charge in [0.25, 0.3) is 0 Å². The molecule has 0 unspecified atom stereocenters. The van der Waals surface area contributed by atoms with Crippen LogP contribution in [0.1, 0.15) is 37.1 Å². The molecular weight excluding hydrogens is 506 g/mol. The molecule has 1 amide bonds. The van der Waals surface area contributed by atoms with Crippen LogP contribution in [0.3, 0.4) is 0 Å². The third-order valence-corrected chi connectivity index (χ3v) is 7.17. The van der Waals surface area contributed by atoms with Gasteiger partial charge in [0.1, 0.15) is 11.2 Å². The number of aryl methyl sites for hydroxylation is 3. The Morgan fingerprint density at radius 2 is 1.82 bits per heavy atom. The van der Waals surface area contributed by atoms with Gasteiger partial charge in [0.05, 0.1) is 23.6 Å². The summed E-state index contributed by atoms with van der Waals surface area (Å²) in [6.07, 6.45) is 7.58. The highest BCUT2D eigenvalue weighted by molar-refractivity contribution is 7.13. The molecule has 5 rings (SSSR count). The van der Waals surface area contributed by atoms with Crippen LogP contribution in [-0.2, 0) is 4.79 Å². The summed E-state index contributed by atoms with van der Waals surface area (Å²) in [7, 11) is 0. The zero-order valence-electron chi connectivity index (χ0n) is 22.7. The molecule has 0 aliphatic carbocycles. The molecule has 0 saturated carbocycles. The molecule has 3 N–H and O–H groups in total. The summed E-state index contributed by atoms with van der Waals surface area (Å²) in [6, 6.07) is 10.2. The van der Waals surface area contributed by atoms with E-state index in [-0.39, 0.29) is 11.8 Å². The van der Waals surface area contributed by atoms with Crippen LogP contribution in [0.15, 0.2) is 60.5 Å². The quantitative estimate of drug-likeness (QED) is 0.212. The van der Waals surface area contributed by atoms with Gasteiger partial charge in [0, 0.05) is 40.5 Å². The molecule has 5 heterocycles. The number of hydrogen-bond donors (Lipinski definition) is 3. The Kier molecular flexibility index (Phi) is 7.51. The lowest BCUT2D eigenvalue weighted by Gasteiger charge is -2.10. The summed E-state index contributed by atoms with van der Waals surface area (Å²) in [5, 5.41) is 12.9. The summed E-state index contributed by atoms with van der Waals surface area (Å²) >= 11 is 1.66. The maximum atomic E-state index is 12.4. The van der Waals surface area contributed by atoms with Crippen molar-refractivity contribution in [1.82, 2.24) is 30.1 Å². The van der Waals surface area contributed by atoms with Gasteiger partial charge < -0.3 is 10.3 Å². The van der Waals surface area contributed by atoms with Crippen molar-refractivity contribution in [2.75, 3.05) is 5.32 Å². The Morgan fingerprint density at radius 3 is 2.59 bits per heavy atom. The normalized spacial score (nSPS) is 11.1. The summed E-state index contributed by atoms with van der Waals surface area (Å²) in [5.41, 5.74) is 8.76. The number of thiophene rings is 1. The summed E-state index contributed by atoms with van der Waals surface area (Å²) in [6.45, 7) is 10.1. The first kappa shape index (κ1) is 26.2. The highest BCUT2D eigenvalue weighted by Crippen LogP contribution is 2.32. The molecule has 0 atom stereocenters. The number of imidazole rings is 1. The van der Waals surface area contributed by atoms with Crippen LogP contribution in [0.25, 0.3) is 44.1 Å². The summed E-state index contributed by atoms with van der Waals surface area (Å²) < 4.78 is 0. The maximum absolute atomic E-state index is 12.4. The highest BCUT2D eigenvalue weighted by Gasteiger charge is 2.15. The van der Waals surface area contributed by atoms with Crippen molar-refractivity contribution in [2.45, 2.75) is 41.0 Å². The molecule has 0 aliphatic rings. The van der Waals surface area contributed by atoms with Crippen LogP contribution in [0.2, 0.25) is 0 Å². The number of pyridine rings is 2. The minimum Gasteiger partial charge on any atom is -0.335 e. The number of H-pyrrole nitrogens is 2. The topological polar surface area (TPSA) is 112 Å². The number of hydrogen-bond acceptors (Lipinski definition) is 6. The fourth-order valence-electron chi connectivity index (χ4n) is 4.51. The van der Waals surface area contributed by atoms with Gasteiger partial charge >= 0.3 is 0 Å². The summed E-state index contributed by atoms with van der Waals surface area (Å²) in [5.74, 6) is 0.905. The van der Waals surface area contributed by atoms with Crippen LogP contribution >= 0.6 is 11.3 Å². The Bertz CT molecular complexity index is 1700. The Hall–Kier alpha value is -4.37. The summed E-state index contributed by atoms with van der Waals surface area (Å²) in [4.78, 5) is 30.7. The molecule has 39 heavy (non-hydrogen) atoms. The average molecular weight is 538 g/mol. The number of aromatic nitrogens is 6. The lowest BCUT2D eigenvalue weighted by molar-refractivity contribution is -0.116. The van der Waals surface area contributed by atoms with E-state index in [1.54, 1.807) is 23.7 Å². The van der Waals surface area contributed by atoms with Crippen molar-refractivity contribution in [3.05, 3.63) is 77.3 Å². The van der Waals surface area contributed by atoms with E-state index < -0.39 is 0 Å². The number of carbonyl (C=O) groups is 1. The molecule has 0 spiro atoms. The molecule has 5 aromatic rings. The molecular formula is C30H31N7OS. The molecule has 9 heteroatoms. The van der Waals surface area contributed by atoms with E-state index in [0.717, 1.165) is 49.4 Å². The predicted molar refractivity (Wildman–Crippen MR) is 158 cm³/mol. The van der Waals surface area contributed by atoms with E-state index in [4.69, 9.17) is 10.1 Å². The van der Waals surface area contributed by atoms with Gasteiger partial charge in [-0.1, -0.05) is 19.9 Å². The third-order valence-electron chi connectivity index (χ3n) is 6.27. The fraction of sp³-hybridized carbons (Fsp3) is 0.233. The molecule has 5 aromatic heterocycles. The molecule has 0 aromatic carbocycles. The molecule has 0 bridgehead atoms. The number of anilines is 1. The number of rotatable bonds is 6. The number of nitrogens with zero attached hydrogens (tertiary/aromatic N) is 4. The zero-order chi connectivity index (χ0) is 27.5. The monoisotopic (exact) mass is 537 g/mol. The van der Waals surface area contributed by atoms with Crippen molar-refractivity contribution in [3.8, 4) is 33.1 Å². The van der Waals surface area contributed by atoms with Gasteiger partial charge in [-0.05, 0) is 73.0 Å². The van der Waals surface area contributed by atoms with E-state index in [9.17, 15) is 4.79 Å².